The smallest absolute Gasteiger partial charge is 0.266 e. The second-order valence-corrected chi connectivity index (χ2v) is 8.47. The standard InChI is InChI=1S/C24H20ClN3O2S/c1-16-6-5-9-19(12-16)28-23(30)20-11-10-18(25)13-21(20)27-24(28)31-15-22(29)26-14-17-7-3-2-4-8-17/h2-13H,14-15H2,1H3,(H,26,29). The number of nitrogens with zero attached hydrogens (tertiary/aromatic N) is 2. The monoisotopic (exact) mass is 449 g/mol. The second kappa shape index (κ2) is 9.37. The van der Waals surface area contributed by atoms with Crippen LogP contribution in [-0.2, 0) is 11.3 Å². The Labute approximate surface area is 189 Å². The number of aryl methyl sites for hydroxylation is 1. The lowest BCUT2D eigenvalue weighted by molar-refractivity contribution is -0.118. The first-order valence-corrected chi connectivity index (χ1v) is 11.1. The number of halogens is 1. The number of nitrogens with one attached hydrogen (secondary N) is 1. The van der Waals surface area contributed by atoms with Gasteiger partial charge < -0.3 is 5.32 Å². The van der Waals surface area contributed by atoms with Crippen molar-refractivity contribution in [3.63, 3.8) is 0 Å². The van der Waals surface area contributed by atoms with Gasteiger partial charge in [-0.2, -0.15) is 0 Å². The minimum absolute atomic E-state index is 0.134. The van der Waals surface area contributed by atoms with Gasteiger partial charge >= 0.3 is 0 Å². The SMILES string of the molecule is Cc1cccc(-n2c(SCC(=O)NCc3ccccc3)nc3cc(Cl)ccc3c2=O)c1. The highest BCUT2D eigenvalue weighted by molar-refractivity contribution is 7.99. The summed E-state index contributed by atoms with van der Waals surface area (Å²) in [6.45, 7) is 2.41. The molecular weight excluding hydrogens is 430 g/mol. The summed E-state index contributed by atoms with van der Waals surface area (Å²) in [4.78, 5) is 30.4. The fourth-order valence-electron chi connectivity index (χ4n) is 3.21. The van der Waals surface area contributed by atoms with Gasteiger partial charge in [-0.15, -0.1) is 0 Å². The molecule has 0 saturated heterocycles. The first kappa shape index (κ1) is 21.2. The lowest BCUT2D eigenvalue weighted by atomic mass is 10.2. The van der Waals surface area contributed by atoms with Crippen LogP contribution in [0.4, 0.5) is 0 Å². The molecule has 0 saturated carbocycles. The van der Waals surface area contributed by atoms with Crippen molar-refractivity contribution >= 4 is 40.2 Å². The molecule has 0 aliphatic rings. The van der Waals surface area contributed by atoms with Gasteiger partial charge in [0, 0.05) is 11.6 Å². The van der Waals surface area contributed by atoms with Crippen molar-refractivity contribution in [3.05, 3.63) is 99.3 Å². The summed E-state index contributed by atoms with van der Waals surface area (Å²) in [6.07, 6.45) is 0. The van der Waals surface area contributed by atoms with Gasteiger partial charge in [-0.3, -0.25) is 14.2 Å². The van der Waals surface area contributed by atoms with E-state index in [1.54, 1.807) is 22.8 Å². The number of carbonyl (C=O) groups is 1. The molecule has 0 fully saturated rings. The van der Waals surface area contributed by atoms with E-state index in [2.05, 4.69) is 10.3 Å². The van der Waals surface area contributed by atoms with Gasteiger partial charge in [0.05, 0.1) is 22.3 Å². The van der Waals surface area contributed by atoms with Crippen molar-refractivity contribution in [2.45, 2.75) is 18.6 Å². The van der Waals surface area contributed by atoms with E-state index < -0.39 is 0 Å². The van der Waals surface area contributed by atoms with Crippen LogP contribution in [0.25, 0.3) is 16.6 Å². The Bertz CT molecular complexity index is 1310. The van der Waals surface area contributed by atoms with Gasteiger partial charge in [-0.1, -0.05) is 65.8 Å². The summed E-state index contributed by atoms with van der Waals surface area (Å²) in [7, 11) is 0. The van der Waals surface area contributed by atoms with Crippen molar-refractivity contribution in [2.24, 2.45) is 0 Å². The van der Waals surface area contributed by atoms with Gasteiger partial charge in [0.2, 0.25) is 5.91 Å². The molecule has 0 unspecified atom stereocenters. The zero-order valence-corrected chi connectivity index (χ0v) is 18.4. The fourth-order valence-corrected chi connectivity index (χ4v) is 4.22. The first-order valence-electron chi connectivity index (χ1n) is 9.74. The number of hydrogen-bond acceptors (Lipinski definition) is 4. The molecular formula is C24H20ClN3O2S. The van der Waals surface area contributed by atoms with E-state index in [1.807, 2.05) is 61.5 Å². The molecule has 31 heavy (non-hydrogen) atoms. The first-order chi connectivity index (χ1) is 15.0. The Morgan fingerprint density at radius 2 is 1.87 bits per heavy atom. The van der Waals surface area contributed by atoms with Crippen molar-refractivity contribution in [1.82, 2.24) is 14.9 Å². The number of aromatic nitrogens is 2. The van der Waals surface area contributed by atoms with Crippen LogP contribution in [0.15, 0.2) is 82.7 Å². The van der Waals surface area contributed by atoms with Crippen molar-refractivity contribution < 1.29 is 4.79 Å². The Morgan fingerprint density at radius 1 is 1.06 bits per heavy atom. The van der Waals surface area contributed by atoms with E-state index in [1.165, 1.54) is 11.8 Å². The Balaban J connectivity index is 1.64. The van der Waals surface area contributed by atoms with E-state index in [9.17, 15) is 9.59 Å². The number of amides is 1. The Kier molecular flexibility index (Phi) is 6.39. The van der Waals surface area contributed by atoms with E-state index in [0.29, 0.717) is 33.3 Å². The van der Waals surface area contributed by atoms with Crippen LogP contribution in [-0.4, -0.2) is 21.2 Å². The van der Waals surface area contributed by atoms with Gasteiger partial charge in [0.25, 0.3) is 5.56 Å². The lowest BCUT2D eigenvalue weighted by Gasteiger charge is -2.14. The number of hydrogen-bond donors (Lipinski definition) is 1. The summed E-state index contributed by atoms with van der Waals surface area (Å²) >= 11 is 7.33. The normalized spacial score (nSPS) is 10.9. The summed E-state index contributed by atoms with van der Waals surface area (Å²) in [5.74, 6) is 0.00189. The summed E-state index contributed by atoms with van der Waals surface area (Å²) in [5.41, 5.74) is 3.07. The highest BCUT2D eigenvalue weighted by Gasteiger charge is 2.15. The van der Waals surface area contributed by atoms with Gasteiger partial charge in [0.1, 0.15) is 0 Å². The molecule has 0 bridgehead atoms. The van der Waals surface area contributed by atoms with Gasteiger partial charge in [-0.05, 0) is 48.4 Å². The molecule has 0 aliphatic carbocycles. The van der Waals surface area contributed by atoms with Crippen LogP contribution < -0.4 is 10.9 Å². The van der Waals surface area contributed by atoms with E-state index in [-0.39, 0.29) is 17.2 Å². The van der Waals surface area contributed by atoms with E-state index in [4.69, 9.17) is 11.6 Å². The molecule has 1 N–H and O–H groups in total. The highest BCUT2D eigenvalue weighted by Crippen LogP contribution is 2.23. The minimum atomic E-state index is -0.195. The molecule has 4 rings (SSSR count). The molecule has 1 heterocycles. The zero-order valence-electron chi connectivity index (χ0n) is 16.8. The van der Waals surface area contributed by atoms with Crippen molar-refractivity contribution in [3.8, 4) is 5.69 Å². The molecule has 0 atom stereocenters. The maximum atomic E-state index is 13.3. The third-order valence-electron chi connectivity index (χ3n) is 4.73. The minimum Gasteiger partial charge on any atom is -0.351 e. The topological polar surface area (TPSA) is 64.0 Å². The fraction of sp³-hybridized carbons (Fsp3) is 0.125. The molecule has 156 valence electrons. The molecule has 5 nitrogen and oxygen atoms in total. The van der Waals surface area contributed by atoms with Crippen LogP contribution >= 0.6 is 23.4 Å². The van der Waals surface area contributed by atoms with E-state index in [0.717, 1.165) is 11.1 Å². The predicted molar refractivity (Wildman–Crippen MR) is 126 cm³/mol. The summed E-state index contributed by atoms with van der Waals surface area (Å²) < 4.78 is 1.55. The number of benzene rings is 3. The van der Waals surface area contributed by atoms with Gasteiger partial charge in [0.15, 0.2) is 5.16 Å². The maximum absolute atomic E-state index is 13.3. The molecule has 1 amide bonds. The molecule has 0 radical (unpaired) electrons. The van der Waals surface area contributed by atoms with Crippen molar-refractivity contribution in [1.29, 1.82) is 0 Å². The third kappa shape index (κ3) is 4.98. The maximum Gasteiger partial charge on any atom is 0.266 e. The van der Waals surface area contributed by atoms with Gasteiger partial charge in [-0.25, -0.2) is 4.98 Å². The number of rotatable bonds is 6. The molecule has 4 aromatic rings. The second-order valence-electron chi connectivity index (χ2n) is 7.09. The molecule has 0 spiro atoms. The van der Waals surface area contributed by atoms with Crippen LogP contribution in [0, 0.1) is 6.92 Å². The molecule has 7 heteroatoms. The number of carbonyl (C=O) groups excluding carboxylic acids is 1. The largest absolute Gasteiger partial charge is 0.351 e. The molecule has 0 aliphatic heterocycles. The predicted octanol–water partition coefficient (Wildman–Crippen LogP) is 4.76. The average Bonchev–Trinajstić information content (AvgIpc) is 2.76. The van der Waals surface area contributed by atoms with Crippen LogP contribution in [0.5, 0.6) is 0 Å². The van der Waals surface area contributed by atoms with Crippen LogP contribution in [0.2, 0.25) is 5.02 Å². The highest BCUT2D eigenvalue weighted by atomic mass is 35.5. The van der Waals surface area contributed by atoms with Crippen molar-refractivity contribution in [2.75, 3.05) is 5.75 Å². The van der Waals surface area contributed by atoms with Crippen LogP contribution in [0.3, 0.4) is 0 Å². The summed E-state index contributed by atoms with van der Waals surface area (Å²) in [5, 5.41) is 4.33. The number of fused-ring (bicyclic) bond motifs is 1. The third-order valence-corrected chi connectivity index (χ3v) is 5.90. The van der Waals surface area contributed by atoms with Crippen LogP contribution in [0.1, 0.15) is 11.1 Å². The quantitative estimate of drug-likeness (QED) is 0.340. The summed E-state index contributed by atoms with van der Waals surface area (Å²) in [6, 6.07) is 22.4. The Hall–Kier alpha value is -3.09. The zero-order chi connectivity index (χ0) is 21.8. The molecule has 1 aromatic heterocycles. The van der Waals surface area contributed by atoms with E-state index >= 15 is 0 Å². The average molecular weight is 450 g/mol. The lowest BCUT2D eigenvalue weighted by Crippen LogP contribution is -2.26. The molecule has 3 aromatic carbocycles. The number of thioether (sulfide) groups is 1. The Morgan fingerprint density at radius 3 is 2.65 bits per heavy atom.